The van der Waals surface area contributed by atoms with Crippen molar-refractivity contribution in [3.63, 3.8) is 0 Å². The molecule has 7 nitrogen and oxygen atoms in total. The third-order valence-electron chi connectivity index (χ3n) is 4.65. The number of carbonyl (C=O) groups excluding carboxylic acids is 2. The second kappa shape index (κ2) is 7.19. The van der Waals surface area contributed by atoms with Crippen LogP contribution in [0.25, 0.3) is 10.2 Å². The zero-order valence-corrected chi connectivity index (χ0v) is 16.2. The molecule has 0 bridgehead atoms. The molecule has 8 heteroatoms. The molecule has 1 aliphatic heterocycles. The summed E-state index contributed by atoms with van der Waals surface area (Å²) in [5.74, 6) is 0.622. The standard InChI is InChI=1S/C18H23N3O4S/c1-9-5-10(2)7-21(6-9)13(22)8-25-18(24)15-11(3)14-16(23)19-12(4)20-17(14)26-15/h9-10H,5-8H2,1-4H3,(H,19,20,23)/t9-,10-/m1/s1. The van der Waals surface area contributed by atoms with E-state index in [2.05, 4.69) is 23.8 Å². The van der Waals surface area contributed by atoms with Gasteiger partial charge in [0.2, 0.25) is 0 Å². The number of piperidine rings is 1. The lowest BCUT2D eigenvalue weighted by Crippen LogP contribution is -2.44. The van der Waals surface area contributed by atoms with Crippen molar-refractivity contribution >= 4 is 33.4 Å². The Labute approximate surface area is 155 Å². The highest BCUT2D eigenvalue weighted by Crippen LogP contribution is 2.27. The summed E-state index contributed by atoms with van der Waals surface area (Å²) < 4.78 is 5.23. The van der Waals surface area contributed by atoms with E-state index in [1.807, 2.05) is 0 Å². The maximum atomic E-state index is 12.4. The number of aryl methyl sites for hydroxylation is 2. The molecule has 2 atom stereocenters. The molecule has 1 N–H and O–H groups in total. The molecule has 1 amide bonds. The maximum absolute atomic E-state index is 12.4. The largest absolute Gasteiger partial charge is 0.451 e. The Balaban J connectivity index is 1.72. The molecule has 0 radical (unpaired) electrons. The monoisotopic (exact) mass is 377 g/mol. The molecule has 3 rings (SSSR count). The maximum Gasteiger partial charge on any atom is 0.349 e. The molecular formula is C18H23N3O4S. The molecule has 0 aliphatic carbocycles. The molecule has 0 saturated carbocycles. The molecular weight excluding hydrogens is 354 g/mol. The number of nitrogens with one attached hydrogen (secondary N) is 1. The van der Waals surface area contributed by atoms with E-state index in [1.165, 1.54) is 0 Å². The molecule has 0 unspecified atom stereocenters. The van der Waals surface area contributed by atoms with E-state index < -0.39 is 5.97 Å². The Bertz CT molecular complexity index is 907. The Morgan fingerprint density at radius 3 is 2.58 bits per heavy atom. The van der Waals surface area contributed by atoms with E-state index in [9.17, 15) is 14.4 Å². The summed E-state index contributed by atoms with van der Waals surface area (Å²) >= 11 is 1.12. The summed E-state index contributed by atoms with van der Waals surface area (Å²) in [6.07, 6.45) is 1.10. The lowest BCUT2D eigenvalue weighted by Gasteiger charge is -2.34. The Kier molecular flexibility index (Phi) is 5.13. The summed E-state index contributed by atoms with van der Waals surface area (Å²) in [5.41, 5.74) is 0.268. The molecule has 140 valence electrons. The van der Waals surface area contributed by atoms with Crippen LogP contribution in [0.2, 0.25) is 0 Å². The number of likely N-dealkylation sites (tertiary alicyclic amines) is 1. The number of H-pyrrole nitrogens is 1. The first kappa shape index (κ1) is 18.6. The van der Waals surface area contributed by atoms with Gasteiger partial charge in [-0.3, -0.25) is 9.59 Å². The SMILES string of the molecule is Cc1nc2sc(C(=O)OCC(=O)N3C[C@H](C)C[C@@H](C)C3)c(C)c2c(=O)[nH]1. The fourth-order valence-corrected chi connectivity index (χ4v) is 4.72. The van der Waals surface area contributed by atoms with Crippen LogP contribution in [0.5, 0.6) is 0 Å². The number of hydrogen-bond acceptors (Lipinski definition) is 6. The van der Waals surface area contributed by atoms with Gasteiger partial charge in [0.05, 0.1) is 5.39 Å². The van der Waals surface area contributed by atoms with Crippen molar-refractivity contribution in [2.45, 2.75) is 34.1 Å². The first-order chi connectivity index (χ1) is 12.3. The van der Waals surface area contributed by atoms with Crippen molar-refractivity contribution in [1.82, 2.24) is 14.9 Å². The van der Waals surface area contributed by atoms with E-state index >= 15 is 0 Å². The van der Waals surface area contributed by atoms with E-state index in [4.69, 9.17) is 4.74 Å². The number of fused-ring (bicyclic) bond motifs is 1. The van der Waals surface area contributed by atoms with Crippen LogP contribution in [0, 0.1) is 25.7 Å². The van der Waals surface area contributed by atoms with Crippen molar-refractivity contribution < 1.29 is 14.3 Å². The van der Waals surface area contributed by atoms with Crippen LogP contribution < -0.4 is 5.56 Å². The number of nitrogens with zero attached hydrogens (tertiary/aromatic N) is 2. The van der Waals surface area contributed by atoms with Gasteiger partial charge in [0.15, 0.2) is 6.61 Å². The summed E-state index contributed by atoms with van der Waals surface area (Å²) in [4.78, 5) is 46.4. The topological polar surface area (TPSA) is 92.4 Å². The average molecular weight is 377 g/mol. The van der Waals surface area contributed by atoms with Crippen LogP contribution in [-0.4, -0.2) is 46.4 Å². The number of amides is 1. The van der Waals surface area contributed by atoms with Crippen LogP contribution >= 0.6 is 11.3 Å². The predicted octanol–water partition coefficient (Wildman–Crippen LogP) is 2.26. The predicted molar refractivity (Wildman–Crippen MR) is 99.5 cm³/mol. The van der Waals surface area contributed by atoms with Crippen molar-refractivity contribution in [3.8, 4) is 0 Å². The number of aromatic nitrogens is 2. The number of aromatic amines is 1. The first-order valence-electron chi connectivity index (χ1n) is 8.71. The minimum Gasteiger partial charge on any atom is -0.451 e. The van der Waals surface area contributed by atoms with Crippen molar-refractivity contribution in [2.75, 3.05) is 19.7 Å². The van der Waals surface area contributed by atoms with Gasteiger partial charge in [0.1, 0.15) is 15.5 Å². The summed E-state index contributed by atoms with van der Waals surface area (Å²) in [7, 11) is 0. The van der Waals surface area contributed by atoms with Crippen LogP contribution in [0.4, 0.5) is 0 Å². The van der Waals surface area contributed by atoms with E-state index in [-0.39, 0.29) is 18.1 Å². The minimum absolute atomic E-state index is 0.178. The van der Waals surface area contributed by atoms with Crippen LogP contribution in [0.3, 0.4) is 0 Å². The Hall–Kier alpha value is -2.22. The van der Waals surface area contributed by atoms with Gasteiger partial charge in [-0.25, -0.2) is 9.78 Å². The first-order valence-corrected chi connectivity index (χ1v) is 9.52. The number of rotatable bonds is 3. The molecule has 0 aromatic carbocycles. The van der Waals surface area contributed by atoms with E-state index in [1.54, 1.807) is 18.7 Å². The number of thiophene rings is 1. The third kappa shape index (κ3) is 3.65. The van der Waals surface area contributed by atoms with Gasteiger partial charge < -0.3 is 14.6 Å². The zero-order chi connectivity index (χ0) is 19.0. The Morgan fingerprint density at radius 2 is 1.92 bits per heavy atom. The fraction of sp³-hybridized carbons (Fsp3) is 0.556. The van der Waals surface area contributed by atoms with Crippen LogP contribution in [-0.2, 0) is 9.53 Å². The molecule has 26 heavy (non-hydrogen) atoms. The fourth-order valence-electron chi connectivity index (χ4n) is 3.60. The normalized spacial score (nSPS) is 20.4. The zero-order valence-electron chi connectivity index (χ0n) is 15.4. The number of carbonyl (C=O) groups is 2. The molecule has 2 aromatic heterocycles. The summed E-state index contributed by atoms with van der Waals surface area (Å²) in [6, 6.07) is 0. The highest BCUT2D eigenvalue weighted by Gasteiger charge is 2.27. The van der Waals surface area contributed by atoms with Gasteiger partial charge in [0, 0.05) is 13.1 Å². The average Bonchev–Trinajstić information content (AvgIpc) is 2.88. The van der Waals surface area contributed by atoms with E-state index in [0.29, 0.717) is 51.4 Å². The lowest BCUT2D eigenvalue weighted by molar-refractivity contribution is -0.137. The molecule has 1 aliphatic rings. The lowest BCUT2D eigenvalue weighted by atomic mass is 9.92. The summed E-state index contributed by atoms with van der Waals surface area (Å²) in [5, 5.41) is 0.401. The van der Waals surface area contributed by atoms with E-state index in [0.717, 1.165) is 17.8 Å². The van der Waals surface area contributed by atoms with Gasteiger partial charge >= 0.3 is 5.97 Å². The highest BCUT2D eigenvalue weighted by molar-refractivity contribution is 7.20. The van der Waals surface area contributed by atoms with Gasteiger partial charge in [0.25, 0.3) is 11.5 Å². The number of ether oxygens (including phenoxy) is 1. The molecule has 3 heterocycles. The minimum atomic E-state index is -0.589. The number of hydrogen-bond donors (Lipinski definition) is 1. The molecule has 0 spiro atoms. The van der Waals surface area contributed by atoms with Crippen LogP contribution in [0.15, 0.2) is 4.79 Å². The number of esters is 1. The summed E-state index contributed by atoms with van der Waals surface area (Å²) in [6.45, 7) is 8.73. The van der Waals surface area contributed by atoms with Gasteiger partial charge in [-0.05, 0) is 37.7 Å². The smallest absolute Gasteiger partial charge is 0.349 e. The van der Waals surface area contributed by atoms with Crippen molar-refractivity contribution in [2.24, 2.45) is 11.8 Å². The second-order valence-electron chi connectivity index (χ2n) is 7.21. The second-order valence-corrected chi connectivity index (χ2v) is 8.21. The quantitative estimate of drug-likeness (QED) is 0.829. The molecule has 1 fully saturated rings. The Morgan fingerprint density at radius 1 is 1.27 bits per heavy atom. The third-order valence-corrected chi connectivity index (χ3v) is 5.82. The highest BCUT2D eigenvalue weighted by atomic mass is 32.1. The van der Waals surface area contributed by atoms with Crippen LogP contribution in [0.1, 0.15) is 41.3 Å². The molecule has 2 aromatic rings. The molecule has 1 saturated heterocycles. The van der Waals surface area contributed by atoms with Gasteiger partial charge in [-0.2, -0.15) is 0 Å². The van der Waals surface area contributed by atoms with Crippen molar-refractivity contribution in [1.29, 1.82) is 0 Å². The van der Waals surface area contributed by atoms with Gasteiger partial charge in [-0.15, -0.1) is 11.3 Å². The van der Waals surface area contributed by atoms with Crippen molar-refractivity contribution in [3.05, 3.63) is 26.6 Å². The van der Waals surface area contributed by atoms with Gasteiger partial charge in [-0.1, -0.05) is 13.8 Å².